The zero-order valence-electron chi connectivity index (χ0n) is 12.8. The second kappa shape index (κ2) is 6.37. The molecule has 24 heavy (non-hydrogen) atoms. The number of carbonyl (C=O) groups excluding carboxylic acids is 1. The summed E-state index contributed by atoms with van der Waals surface area (Å²) in [6.45, 7) is 1.43. The first-order chi connectivity index (χ1) is 11.8. The molecule has 1 amide bonds. The van der Waals surface area contributed by atoms with Gasteiger partial charge >= 0.3 is 0 Å². The van der Waals surface area contributed by atoms with E-state index in [0.717, 1.165) is 46.8 Å². The maximum absolute atomic E-state index is 12.2. The van der Waals surface area contributed by atoms with Gasteiger partial charge in [0.05, 0.1) is 11.7 Å². The predicted molar refractivity (Wildman–Crippen MR) is 94.1 cm³/mol. The summed E-state index contributed by atoms with van der Waals surface area (Å²) in [5.41, 5.74) is 3.18. The van der Waals surface area contributed by atoms with Gasteiger partial charge in [0.2, 0.25) is 0 Å². The highest BCUT2D eigenvalue weighted by atomic mass is 32.1. The smallest absolute Gasteiger partial charge is 0.251 e. The molecule has 4 rings (SSSR count). The first-order valence-electron chi connectivity index (χ1n) is 7.72. The van der Waals surface area contributed by atoms with Gasteiger partial charge in [-0.15, -0.1) is 0 Å². The Bertz CT molecular complexity index is 1010. The van der Waals surface area contributed by atoms with E-state index in [1.54, 1.807) is 18.3 Å². The lowest BCUT2D eigenvalue weighted by Gasteiger charge is -2.07. The zero-order chi connectivity index (χ0) is 16.4. The van der Waals surface area contributed by atoms with Gasteiger partial charge in [0.25, 0.3) is 5.91 Å². The number of nitrogens with one attached hydrogen (secondary N) is 1. The molecule has 0 aliphatic carbocycles. The fourth-order valence-corrected chi connectivity index (χ4v) is 3.19. The van der Waals surface area contributed by atoms with Crippen molar-refractivity contribution in [2.45, 2.75) is 13.0 Å². The maximum Gasteiger partial charge on any atom is 0.251 e. The van der Waals surface area contributed by atoms with Crippen LogP contribution in [-0.2, 0) is 6.54 Å². The van der Waals surface area contributed by atoms with Gasteiger partial charge < -0.3 is 9.88 Å². The van der Waals surface area contributed by atoms with Gasteiger partial charge in [0, 0.05) is 36.4 Å². The Morgan fingerprint density at radius 3 is 3.04 bits per heavy atom. The van der Waals surface area contributed by atoms with E-state index in [0.29, 0.717) is 12.1 Å². The van der Waals surface area contributed by atoms with Crippen molar-refractivity contribution in [3.05, 3.63) is 54.4 Å². The molecule has 0 saturated carbocycles. The number of benzene rings is 1. The quantitative estimate of drug-likeness (QED) is 0.568. The van der Waals surface area contributed by atoms with Crippen molar-refractivity contribution in [3.8, 4) is 0 Å². The van der Waals surface area contributed by atoms with Crippen LogP contribution >= 0.6 is 11.7 Å². The number of fused-ring (bicyclic) bond motifs is 2. The van der Waals surface area contributed by atoms with Gasteiger partial charge in [0.15, 0.2) is 0 Å². The molecular formula is C17H15N5OS. The molecule has 1 aromatic carbocycles. The van der Waals surface area contributed by atoms with Gasteiger partial charge in [0.1, 0.15) is 16.7 Å². The van der Waals surface area contributed by atoms with Crippen LogP contribution in [0, 0.1) is 0 Å². The van der Waals surface area contributed by atoms with E-state index < -0.39 is 0 Å². The molecule has 0 bridgehead atoms. The Hall–Kier alpha value is -2.80. The number of nitrogens with zero attached hydrogens (tertiary/aromatic N) is 4. The van der Waals surface area contributed by atoms with Crippen LogP contribution in [0.15, 0.2) is 48.8 Å². The summed E-state index contributed by atoms with van der Waals surface area (Å²) in [6.07, 6.45) is 4.67. The first kappa shape index (κ1) is 14.8. The third-order valence-corrected chi connectivity index (χ3v) is 4.46. The van der Waals surface area contributed by atoms with Crippen molar-refractivity contribution in [2.24, 2.45) is 0 Å². The second-order valence-electron chi connectivity index (χ2n) is 5.50. The monoisotopic (exact) mass is 337 g/mol. The minimum absolute atomic E-state index is 0.0830. The number of hydrogen-bond donors (Lipinski definition) is 1. The molecule has 6 nitrogen and oxygen atoms in total. The number of pyridine rings is 1. The largest absolute Gasteiger partial charge is 0.352 e. The van der Waals surface area contributed by atoms with Crippen LogP contribution in [0.1, 0.15) is 16.8 Å². The number of rotatable bonds is 5. The molecule has 3 heterocycles. The van der Waals surface area contributed by atoms with E-state index in [2.05, 4.69) is 29.7 Å². The fourth-order valence-electron chi connectivity index (χ4n) is 2.68. The lowest BCUT2D eigenvalue weighted by atomic mass is 10.2. The van der Waals surface area contributed by atoms with Gasteiger partial charge in [-0.3, -0.25) is 4.79 Å². The number of carbonyl (C=O) groups is 1. The number of amides is 1. The average Bonchev–Trinajstić information content (AvgIpc) is 3.24. The molecule has 0 spiro atoms. The third kappa shape index (κ3) is 2.85. The predicted octanol–water partition coefficient (Wildman–Crippen LogP) is 2.86. The van der Waals surface area contributed by atoms with Gasteiger partial charge in [-0.25, -0.2) is 4.98 Å². The molecule has 3 aromatic heterocycles. The van der Waals surface area contributed by atoms with Crippen LogP contribution in [0.4, 0.5) is 0 Å². The molecule has 0 aliphatic heterocycles. The van der Waals surface area contributed by atoms with Crippen molar-refractivity contribution >= 4 is 39.7 Å². The summed E-state index contributed by atoms with van der Waals surface area (Å²) in [5.74, 6) is -0.0830. The summed E-state index contributed by atoms with van der Waals surface area (Å²) in [6, 6.07) is 11.4. The van der Waals surface area contributed by atoms with E-state index in [9.17, 15) is 4.79 Å². The number of aromatic nitrogens is 4. The molecule has 120 valence electrons. The Morgan fingerprint density at radius 1 is 1.17 bits per heavy atom. The molecule has 0 saturated heterocycles. The lowest BCUT2D eigenvalue weighted by molar-refractivity contribution is 0.0953. The number of aryl methyl sites for hydroxylation is 1. The molecule has 1 N–H and O–H groups in total. The highest BCUT2D eigenvalue weighted by molar-refractivity contribution is 7.00. The molecule has 0 unspecified atom stereocenters. The highest BCUT2D eigenvalue weighted by Crippen LogP contribution is 2.14. The van der Waals surface area contributed by atoms with Crippen LogP contribution in [0.2, 0.25) is 0 Å². The molecule has 0 atom stereocenters. The summed E-state index contributed by atoms with van der Waals surface area (Å²) < 4.78 is 10.4. The Kier molecular flexibility index (Phi) is 3.92. The second-order valence-corrected chi connectivity index (χ2v) is 6.03. The van der Waals surface area contributed by atoms with Crippen LogP contribution < -0.4 is 5.32 Å². The van der Waals surface area contributed by atoms with Crippen LogP contribution in [0.5, 0.6) is 0 Å². The van der Waals surface area contributed by atoms with E-state index in [1.165, 1.54) is 0 Å². The summed E-state index contributed by atoms with van der Waals surface area (Å²) in [7, 11) is 0. The van der Waals surface area contributed by atoms with E-state index >= 15 is 0 Å². The zero-order valence-corrected chi connectivity index (χ0v) is 13.7. The topological polar surface area (TPSA) is 72.7 Å². The molecule has 0 radical (unpaired) electrons. The molecule has 7 heteroatoms. The van der Waals surface area contributed by atoms with Crippen molar-refractivity contribution in [1.29, 1.82) is 0 Å². The molecule has 0 aliphatic rings. The standard InChI is InChI=1S/C17H15N5OS/c23-17(13-4-5-14-15(11-13)21-24-20-14)19-8-2-9-22-10-6-12-3-1-7-18-16(12)22/h1,3-7,10-11H,2,8-9H2,(H,19,23). The van der Waals surface area contributed by atoms with Crippen LogP contribution in [0.25, 0.3) is 22.1 Å². The van der Waals surface area contributed by atoms with Gasteiger partial charge in [-0.05, 0) is 42.8 Å². The van der Waals surface area contributed by atoms with E-state index in [4.69, 9.17) is 0 Å². The van der Waals surface area contributed by atoms with E-state index in [-0.39, 0.29) is 5.91 Å². The Balaban J connectivity index is 1.34. The Labute approximate surface area is 142 Å². The normalized spacial score (nSPS) is 11.2. The Morgan fingerprint density at radius 2 is 2.08 bits per heavy atom. The SMILES string of the molecule is O=C(NCCCn1ccc2cccnc21)c1ccc2nsnc2c1. The maximum atomic E-state index is 12.2. The first-order valence-corrected chi connectivity index (χ1v) is 8.45. The fraction of sp³-hybridized carbons (Fsp3) is 0.176. The van der Waals surface area contributed by atoms with Crippen molar-refractivity contribution < 1.29 is 4.79 Å². The van der Waals surface area contributed by atoms with Crippen molar-refractivity contribution in [1.82, 2.24) is 23.6 Å². The third-order valence-electron chi connectivity index (χ3n) is 3.90. The van der Waals surface area contributed by atoms with Crippen molar-refractivity contribution in [2.75, 3.05) is 6.54 Å². The molecule has 4 aromatic rings. The van der Waals surface area contributed by atoms with E-state index in [1.807, 2.05) is 24.4 Å². The van der Waals surface area contributed by atoms with Crippen molar-refractivity contribution in [3.63, 3.8) is 0 Å². The summed E-state index contributed by atoms with van der Waals surface area (Å²) in [5, 5.41) is 4.08. The van der Waals surface area contributed by atoms with Crippen LogP contribution in [-0.4, -0.2) is 30.8 Å². The minimum atomic E-state index is -0.0830. The minimum Gasteiger partial charge on any atom is -0.352 e. The van der Waals surface area contributed by atoms with Gasteiger partial charge in [-0.2, -0.15) is 8.75 Å². The summed E-state index contributed by atoms with van der Waals surface area (Å²) >= 11 is 1.15. The molecule has 0 fully saturated rings. The van der Waals surface area contributed by atoms with Gasteiger partial charge in [-0.1, -0.05) is 0 Å². The molecular weight excluding hydrogens is 322 g/mol. The summed E-state index contributed by atoms with van der Waals surface area (Å²) in [4.78, 5) is 16.6. The average molecular weight is 337 g/mol. The highest BCUT2D eigenvalue weighted by Gasteiger charge is 2.08. The number of hydrogen-bond acceptors (Lipinski definition) is 5. The lowest BCUT2D eigenvalue weighted by Crippen LogP contribution is -2.25. The van der Waals surface area contributed by atoms with Crippen LogP contribution in [0.3, 0.4) is 0 Å².